The SMILES string of the molecule is CC(C)[C@@H]1CC[C@@H](C)C[C@H]1O[C@@H]1O[C@H](COCc2ccccc2)[C@@H](OCc2ccccc2)[C@H](OCc2ccccc2)[C@H]1OCc1ccccc1. The van der Waals surface area contributed by atoms with Gasteiger partial charge in [-0.25, -0.2) is 0 Å². The Balaban J connectivity index is 1.33. The summed E-state index contributed by atoms with van der Waals surface area (Å²) in [5.41, 5.74) is 4.34. The molecular formula is C44H54O6. The molecule has 6 heteroatoms. The van der Waals surface area contributed by atoms with E-state index in [0.717, 1.165) is 35.1 Å². The molecule has 50 heavy (non-hydrogen) atoms. The number of ether oxygens (including phenoxy) is 6. The molecule has 0 aromatic heterocycles. The fraction of sp³-hybridized carbons (Fsp3) is 0.455. The molecule has 1 heterocycles. The van der Waals surface area contributed by atoms with E-state index in [1.54, 1.807) is 0 Å². The van der Waals surface area contributed by atoms with Crippen molar-refractivity contribution in [3.05, 3.63) is 144 Å². The molecule has 0 amide bonds. The van der Waals surface area contributed by atoms with E-state index in [9.17, 15) is 0 Å². The lowest BCUT2D eigenvalue weighted by Crippen LogP contribution is -2.62. The molecule has 4 aromatic rings. The summed E-state index contributed by atoms with van der Waals surface area (Å²) >= 11 is 0. The summed E-state index contributed by atoms with van der Waals surface area (Å²) in [5.74, 6) is 1.52. The first-order valence-electron chi connectivity index (χ1n) is 18.4. The highest BCUT2D eigenvalue weighted by atomic mass is 16.7. The molecule has 0 unspecified atom stereocenters. The van der Waals surface area contributed by atoms with Crippen LogP contribution in [0.5, 0.6) is 0 Å². The van der Waals surface area contributed by atoms with Gasteiger partial charge in [0.25, 0.3) is 0 Å². The summed E-state index contributed by atoms with van der Waals surface area (Å²) in [7, 11) is 0. The summed E-state index contributed by atoms with van der Waals surface area (Å²) in [6.45, 7) is 8.94. The first-order valence-corrected chi connectivity index (χ1v) is 18.4. The molecule has 0 radical (unpaired) electrons. The van der Waals surface area contributed by atoms with Crippen molar-refractivity contribution in [2.75, 3.05) is 6.61 Å². The Labute approximate surface area is 299 Å². The Kier molecular flexibility index (Phi) is 13.7. The predicted molar refractivity (Wildman–Crippen MR) is 196 cm³/mol. The first-order chi connectivity index (χ1) is 24.5. The molecule has 266 valence electrons. The summed E-state index contributed by atoms with van der Waals surface area (Å²) in [5, 5.41) is 0. The summed E-state index contributed by atoms with van der Waals surface area (Å²) in [6.07, 6.45) is 0.756. The molecule has 8 atom stereocenters. The molecule has 1 aliphatic heterocycles. The van der Waals surface area contributed by atoms with Gasteiger partial charge in [0, 0.05) is 0 Å². The molecule has 4 aromatic carbocycles. The molecule has 2 aliphatic rings. The topological polar surface area (TPSA) is 55.4 Å². The van der Waals surface area contributed by atoms with Crippen LogP contribution in [0.2, 0.25) is 0 Å². The summed E-state index contributed by atoms with van der Waals surface area (Å²) < 4.78 is 41.1. The number of rotatable bonds is 16. The van der Waals surface area contributed by atoms with E-state index in [2.05, 4.69) is 69.3 Å². The summed E-state index contributed by atoms with van der Waals surface area (Å²) in [6, 6.07) is 41.0. The lowest BCUT2D eigenvalue weighted by molar-refractivity contribution is -0.341. The van der Waals surface area contributed by atoms with Crippen LogP contribution in [0.1, 0.15) is 62.3 Å². The fourth-order valence-electron chi connectivity index (χ4n) is 7.30. The lowest BCUT2D eigenvalue weighted by atomic mass is 9.75. The summed E-state index contributed by atoms with van der Waals surface area (Å²) in [4.78, 5) is 0. The minimum absolute atomic E-state index is 0.0500. The van der Waals surface area contributed by atoms with Crippen molar-refractivity contribution in [1.29, 1.82) is 0 Å². The third-order valence-corrected chi connectivity index (χ3v) is 10.1. The highest BCUT2D eigenvalue weighted by molar-refractivity contribution is 5.16. The quantitative estimate of drug-likeness (QED) is 0.118. The first kappa shape index (κ1) is 36.4. The van der Waals surface area contributed by atoms with Crippen molar-refractivity contribution in [2.45, 2.75) is 103 Å². The monoisotopic (exact) mass is 678 g/mol. The Morgan fingerprint density at radius 2 is 1.04 bits per heavy atom. The van der Waals surface area contributed by atoms with Crippen LogP contribution in [-0.2, 0) is 54.8 Å². The second-order valence-corrected chi connectivity index (χ2v) is 14.3. The van der Waals surface area contributed by atoms with Gasteiger partial charge in [0.1, 0.15) is 24.4 Å². The Morgan fingerprint density at radius 3 is 1.54 bits per heavy atom. The van der Waals surface area contributed by atoms with Crippen LogP contribution < -0.4 is 0 Å². The van der Waals surface area contributed by atoms with E-state index in [1.165, 1.54) is 6.42 Å². The van der Waals surface area contributed by atoms with Crippen LogP contribution >= 0.6 is 0 Å². The van der Waals surface area contributed by atoms with Crippen molar-refractivity contribution < 1.29 is 28.4 Å². The molecule has 6 rings (SSSR count). The third-order valence-electron chi connectivity index (χ3n) is 10.1. The van der Waals surface area contributed by atoms with Crippen LogP contribution in [0.3, 0.4) is 0 Å². The van der Waals surface area contributed by atoms with E-state index < -0.39 is 30.7 Å². The van der Waals surface area contributed by atoms with Gasteiger partial charge >= 0.3 is 0 Å². The van der Waals surface area contributed by atoms with Crippen LogP contribution in [0.25, 0.3) is 0 Å². The normalized spacial score (nSPS) is 27.0. The maximum Gasteiger partial charge on any atom is 0.187 e. The number of hydrogen-bond acceptors (Lipinski definition) is 6. The molecule has 6 nitrogen and oxygen atoms in total. The van der Waals surface area contributed by atoms with Crippen LogP contribution in [0.15, 0.2) is 121 Å². The van der Waals surface area contributed by atoms with Gasteiger partial charge in [0.15, 0.2) is 6.29 Å². The van der Waals surface area contributed by atoms with Crippen molar-refractivity contribution in [2.24, 2.45) is 17.8 Å². The molecule has 1 saturated heterocycles. The molecule has 0 spiro atoms. The maximum absolute atomic E-state index is 7.13. The van der Waals surface area contributed by atoms with Gasteiger partial charge < -0.3 is 28.4 Å². The zero-order valence-corrected chi connectivity index (χ0v) is 29.8. The van der Waals surface area contributed by atoms with Crippen molar-refractivity contribution >= 4 is 0 Å². The number of benzene rings is 4. The average molecular weight is 679 g/mol. The van der Waals surface area contributed by atoms with Gasteiger partial charge in [-0.05, 0) is 52.8 Å². The molecular weight excluding hydrogens is 624 g/mol. The van der Waals surface area contributed by atoms with Gasteiger partial charge in [0.05, 0.1) is 39.1 Å². The highest BCUT2D eigenvalue weighted by Crippen LogP contribution is 2.39. The zero-order chi connectivity index (χ0) is 34.5. The van der Waals surface area contributed by atoms with Gasteiger partial charge in [-0.3, -0.25) is 0 Å². The molecule has 1 saturated carbocycles. The molecule has 0 N–H and O–H groups in total. The number of hydrogen-bond donors (Lipinski definition) is 0. The van der Waals surface area contributed by atoms with Gasteiger partial charge in [-0.1, -0.05) is 149 Å². The minimum atomic E-state index is -0.669. The molecule has 2 fully saturated rings. The van der Waals surface area contributed by atoms with Crippen LogP contribution in [0, 0.1) is 17.8 Å². The average Bonchev–Trinajstić information content (AvgIpc) is 3.14. The molecule has 0 bridgehead atoms. The second kappa shape index (κ2) is 18.8. The Hall–Kier alpha value is -3.36. The van der Waals surface area contributed by atoms with E-state index in [4.69, 9.17) is 28.4 Å². The fourth-order valence-corrected chi connectivity index (χ4v) is 7.30. The lowest BCUT2D eigenvalue weighted by Gasteiger charge is -2.48. The van der Waals surface area contributed by atoms with E-state index in [1.807, 2.05) is 72.8 Å². The largest absolute Gasteiger partial charge is 0.374 e. The standard InChI is InChI=1S/C44H54O6/c1-32(2)38-25-24-33(3)26-39(38)49-44-43(48-30-37-22-14-7-15-23-37)42(47-29-36-20-12-6-13-21-36)41(46-28-35-18-10-5-11-19-35)40(50-44)31-45-27-34-16-8-4-9-17-34/h4-23,32-33,38-44H,24-31H2,1-3H3/t33-,38+,39-,40-,41-,42+,43-,44-/m1/s1. The second-order valence-electron chi connectivity index (χ2n) is 14.3. The van der Waals surface area contributed by atoms with Crippen LogP contribution in [-0.4, -0.2) is 43.4 Å². The van der Waals surface area contributed by atoms with Crippen molar-refractivity contribution in [3.8, 4) is 0 Å². The van der Waals surface area contributed by atoms with E-state index >= 15 is 0 Å². The van der Waals surface area contributed by atoms with Gasteiger partial charge in [-0.15, -0.1) is 0 Å². The Morgan fingerprint density at radius 1 is 0.580 bits per heavy atom. The van der Waals surface area contributed by atoms with Gasteiger partial charge in [0.2, 0.25) is 0 Å². The third kappa shape index (κ3) is 10.3. The smallest absolute Gasteiger partial charge is 0.187 e. The molecule has 1 aliphatic carbocycles. The van der Waals surface area contributed by atoms with Crippen molar-refractivity contribution in [1.82, 2.24) is 0 Å². The van der Waals surface area contributed by atoms with Crippen molar-refractivity contribution in [3.63, 3.8) is 0 Å². The minimum Gasteiger partial charge on any atom is -0.374 e. The highest BCUT2D eigenvalue weighted by Gasteiger charge is 2.50. The van der Waals surface area contributed by atoms with E-state index in [0.29, 0.717) is 50.8 Å². The predicted octanol–water partition coefficient (Wildman–Crippen LogP) is 9.16. The maximum atomic E-state index is 7.13. The Bertz CT molecular complexity index is 1500. The van der Waals surface area contributed by atoms with E-state index in [-0.39, 0.29) is 6.10 Å². The zero-order valence-electron chi connectivity index (χ0n) is 29.8. The van der Waals surface area contributed by atoms with Crippen LogP contribution in [0.4, 0.5) is 0 Å². The van der Waals surface area contributed by atoms with Gasteiger partial charge in [-0.2, -0.15) is 0 Å².